The first-order valence-corrected chi connectivity index (χ1v) is 8.16. The molecular weight excluding hydrogens is 268 g/mol. The largest absolute Gasteiger partial charge is 0.340 e. The summed E-state index contributed by atoms with van der Waals surface area (Å²) in [5, 5.41) is 6.45. The van der Waals surface area contributed by atoms with Crippen molar-refractivity contribution in [3.8, 4) is 0 Å². The number of carbonyl (C=O) groups is 1. The summed E-state index contributed by atoms with van der Waals surface area (Å²) in [5.74, 6) is 3.21. The van der Waals surface area contributed by atoms with Gasteiger partial charge in [-0.2, -0.15) is 5.10 Å². The molecule has 3 aliphatic rings. The third-order valence-electron chi connectivity index (χ3n) is 5.59. The normalized spacial score (nSPS) is 34.8. The van der Waals surface area contributed by atoms with Crippen molar-refractivity contribution in [2.24, 2.45) is 17.8 Å². The van der Waals surface area contributed by atoms with Crippen molar-refractivity contribution in [3.05, 3.63) is 16.3 Å². The number of nitrogens with one attached hydrogen (secondary N) is 2. The first-order valence-electron chi connectivity index (χ1n) is 8.16. The molecule has 1 aromatic heterocycles. The Balaban J connectivity index is 1.47. The Morgan fingerprint density at radius 2 is 2.19 bits per heavy atom. The summed E-state index contributed by atoms with van der Waals surface area (Å²) in [4.78, 5) is 28.6. The number of rotatable bonds is 3. The van der Waals surface area contributed by atoms with E-state index in [2.05, 4.69) is 15.2 Å². The van der Waals surface area contributed by atoms with E-state index in [1.807, 2.05) is 4.90 Å². The molecule has 0 spiro atoms. The number of piperidine rings is 1. The summed E-state index contributed by atoms with van der Waals surface area (Å²) < 4.78 is 0. The number of amides is 1. The van der Waals surface area contributed by atoms with Crippen molar-refractivity contribution in [2.45, 2.75) is 51.0 Å². The predicted octanol–water partition coefficient (Wildman–Crippen LogP) is 1.59. The number of aromatic nitrogens is 3. The highest BCUT2D eigenvalue weighted by Gasteiger charge is 2.48. The SMILES string of the molecule is O=C(CC1CCC2CC12)N1CCCCC1c1n[nH]c(=O)[nH]1. The van der Waals surface area contributed by atoms with Gasteiger partial charge >= 0.3 is 5.69 Å². The Bertz CT molecular complexity index is 592. The average molecular weight is 290 g/mol. The number of H-pyrrole nitrogens is 2. The zero-order chi connectivity index (χ0) is 14.4. The monoisotopic (exact) mass is 290 g/mol. The third-order valence-corrected chi connectivity index (χ3v) is 5.59. The third kappa shape index (κ3) is 2.40. The Kier molecular flexibility index (Phi) is 3.12. The molecule has 3 fully saturated rings. The quantitative estimate of drug-likeness (QED) is 0.887. The van der Waals surface area contributed by atoms with Crippen LogP contribution in [0.5, 0.6) is 0 Å². The molecule has 4 unspecified atom stereocenters. The number of fused-ring (bicyclic) bond motifs is 1. The Hall–Kier alpha value is -1.59. The minimum atomic E-state index is -0.292. The van der Waals surface area contributed by atoms with Crippen LogP contribution in [-0.4, -0.2) is 32.5 Å². The van der Waals surface area contributed by atoms with Crippen LogP contribution in [-0.2, 0) is 4.79 Å². The molecule has 1 aromatic rings. The van der Waals surface area contributed by atoms with E-state index < -0.39 is 0 Å². The number of hydrogen-bond donors (Lipinski definition) is 2. The predicted molar refractivity (Wildman–Crippen MR) is 76.5 cm³/mol. The van der Waals surface area contributed by atoms with Crippen molar-refractivity contribution in [1.29, 1.82) is 0 Å². The second-order valence-corrected chi connectivity index (χ2v) is 6.86. The van der Waals surface area contributed by atoms with Crippen LogP contribution in [0.2, 0.25) is 0 Å². The standard InChI is InChI=1S/C15H22N4O2/c20-13(8-10-5-4-9-7-11(9)10)19-6-2-1-3-12(19)14-16-15(21)18-17-14/h9-12H,1-8H2,(H2,16,17,18,21). The van der Waals surface area contributed by atoms with Crippen LogP contribution >= 0.6 is 0 Å². The van der Waals surface area contributed by atoms with Gasteiger partial charge in [0.15, 0.2) is 5.82 Å². The van der Waals surface area contributed by atoms with Gasteiger partial charge < -0.3 is 4.90 Å². The van der Waals surface area contributed by atoms with Gasteiger partial charge in [-0.3, -0.25) is 9.78 Å². The fourth-order valence-electron chi connectivity index (χ4n) is 4.37. The molecule has 21 heavy (non-hydrogen) atoms. The number of hydrogen-bond acceptors (Lipinski definition) is 3. The van der Waals surface area contributed by atoms with Gasteiger partial charge in [-0.05, 0) is 56.3 Å². The zero-order valence-corrected chi connectivity index (χ0v) is 12.2. The molecule has 0 aromatic carbocycles. The Morgan fingerprint density at radius 3 is 2.86 bits per heavy atom. The van der Waals surface area contributed by atoms with E-state index in [-0.39, 0.29) is 17.6 Å². The topological polar surface area (TPSA) is 81.8 Å². The van der Waals surface area contributed by atoms with Gasteiger partial charge in [0.1, 0.15) is 0 Å². The molecule has 0 radical (unpaired) electrons. The summed E-state index contributed by atoms with van der Waals surface area (Å²) in [5.41, 5.74) is -0.292. The molecule has 2 aliphatic carbocycles. The molecule has 1 amide bonds. The highest BCUT2D eigenvalue weighted by Crippen LogP contribution is 2.56. The minimum absolute atomic E-state index is 0.0541. The van der Waals surface area contributed by atoms with E-state index in [1.54, 1.807) is 0 Å². The average Bonchev–Trinajstić information content (AvgIpc) is 2.99. The van der Waals surface area contributed by atoms with Crippen LogP contribution < -0.4 is 5.69 Å². The maximum atomic E-state index is 12.7. The van der Waals surface area contributed by atoms with Crippen molar-refractivity contribution >= 4 is 5.91 Å². The van der Waals surface area contributed by atoms with Crippen LogP contribution in [0.4, 0.5) is 0 Å². The van der Waals surface area contributed by atoms with E-state index in [0.29, 0.717) is 18.2 Å². The van der Waals surface area contributed by atoms with E-state index in [1.165, 1.54) is 19.3 Å². The highest BCUT2D eigenvalue weighted by molar-refractivity contribution is 5.77. The fourth-order valence-corrected chi connectivity index (χ4v) is 4.37. The first-order chi connectivity index (χ1) is 10.2. The second-order valence-electron chi connectivity index (χ2n) is 6.86. The van der Waals surface area contributed by atoms with Gasteiger partial charge in [0.05, 0.1) is 6.04 Å². The summed E-state index contributed by atoms with van der Waals surface area (Å²) in [6, 6.07) is -0.0541. The second kappa shape index (κ2) is 5.00. The molecule has 1 aliphatic heterocycles. The maximum absolute atomic E-state index is 12.7. The molecule has 6 nitrogen and oxygen atoms in total. The van der Waals surface area contributed by atoms with Crippen LogP contribution in [0.25, 0.3) is 0 Å². The molecule has 2 saturated carbocycles. The minimum Gasteiger partial charge on any atom is -0.332 e. The van der Waals surface area contributed by atoms with Crippen molar-refractivity contribution in [1.82, 2.24) is 20.1 Å². The number of nitrogens with zero attached hydrogens (tertiary/aromatic N) is 2. The maximum Gasteiger partial charge on any atom is 0.340 e. The first kappa shape index (κ1) is 13.1. The molecule has 4 atom stereocenters. The molecule has 1 saturated heterocycles. The number of likely N-dealkylation sites (tertiary alicyclic amines) is 1. The number of aromatic amines is 2. The van der Waals surface area contributed by atoms with Crippen molar-refractivity contribution < 1.29 is 4.79 Å². The van der Waals surface area contributed by atoms with Gasteiger partial charge in [0.2, 0.25) is 5.91 Å². The Labute approximate surface area is 123 Å². The summed E-state index contributed by atoms with van der Waals surface area (Å²) in [6.45, 7) is 0.791. The van der Waals surface area contributed by atoms with Crippen LogP contribution in [0, 0.1) is 17.8 Å². The van der Waals surface area contributed by atoms with Gasteiger partial charge in [-0.1, -0.05) is 0 Å². The highest BCUT2D eigenvalue weighted by atomic mass is 16.2. The van der Waals surface area contributed by atoms with Gasteiger partial charge in [-0.25, -0.2) is 9.89 Å². The van der Waals surface area contributed by atoms with Gasteiger partial charge in [-0.15, -0.1) is 0 Å². The van der Waals surface area contributed by atoms with E-state index in [4.69, 9.17) is 0 Å². The fraction of sp³-hybridized carbons (Fsp3) is 0.800. The smallest absolute Gasteiger partial charge is 0.332 e. The molecule has 0 bridgehead atoms. The van der Waals surface area contributed by atoms with Gasteiger partial charge in [0, 0.05) is 13.0 Å². The zero-order valence-electron chi connectivity index (χ0n) is 12.2. The number of carbonyl (C=O) groups excluding carboxylic acids is 1. The van der Waals surface area contributed by atoms with Crippen LogP contribution in [0.15, 0.2) is 4.79 Å². The lowest BCUT2D eigenvalue weighted by atomic mass is 9.96. The summed E-state index contributed by atoms with van der Waals surface area (Å²) >= 11 is 0. The molecule has 4 rings (SSSR count). The molecule has 6 heteroatoms. The molecule has 2 N–H and O–H groups in total. The lowest BCUT2D eigenvalue weighted by Crippen LogP contribution is -2.40. The Morgan fingerprint density at radius 1 is 1.29 bits per heavy atom. The molecular formula is C15H22N4O2. The summed E-state index contributed by atoms with van der Waals surface area (Å²) in [7, 11) is 0. The van der Waals surface area contributed by atoms with Crippen molar-refractivity contribution in [3.63, 3.8) is 0 Å². The van der Waals surface area contributed by atoms with E-state index in [9.17, 15) is 9.59 Å². The van der Waals surface area contributed by atoms with E-state index >= 15 is 0 Å². The summed E-state index contributed by atoms with van der Waals surface area (Å²) in [6.07, 6.45) is 7.59. The molecule has 114 valence electrons. The molecule has 2 heterocycles. The van der Waals surface area contributed by atoms with E-state index in [0.717, 1.165) is 37.6 Å². The lowest BCUT2D eigenvalue weighted by Gasteiger charge is -2.35. The van der Waals surface area contributed by atoms with Crippen LogP contribution in [0.3, 0.4) is 0 Å². The van der Waals surface area contributed by atoms with Gasteiger partial charge in [0.25, 0.3) is 0 Å². The van der Waals surface area contributed by atoms with Crippen molar-refractivity contribution in [2.75, 3.05) is 6.54 Å². The lowest BCUT2D eigenvalue weighted by molar-refractivity contribution is -0.136. The van der Waals surface area contributed by atoms with Crippen LogP contribution in [0.1, 0.15) is 56.8 Å².